The lowest BCUT2D eigenvalue weighted by Gasteiger charge is -2.41. The Kier molecular flexibility index (Phi) is 10.4. The number of rotatable bonds is 6. The number of benzene rings is 6. The summed E-state index contributed by atoms with van der Waals surface area (Å²) < 4.78 is 7.35. The van der Waals surface area contributed by atoms with E-state index in [2.05, 4.69) is 227 Å². The van der Waals surface area contributed by atoms with Crippen LogP contribution < -0.4 is 19.4 Å². The third kappa shape index (κ3) is 7.33. The van der Waals surface area contributed by atoms with E-state index in [1.165, 1.54) is 78.3 Å². The van der Waals surface area contributed by atoms with Crippen molar-refractivity contribution in [3.63, 3.8) is 0 Å². The van der Waals surface area contributed by atoms with Gasteiger partial charge in [-0.15, -0.1) is 0 Å². The van der Waals surface area contributed by atoms with Gasteiger partial charge in [-0.3, -0.25) is 4.90 Å². The van der Waals surface area contributed by atoms with Gasteiger partial charge in [0.15, 0.2) is 0 Å². The topological polar surface area (TPSA) is 31.8 Å². The van der Waals surface area contributed by atoms with Crippen molar-refractivity contribution in [2.45, 2.75) is 113 Å². The van der Waals surface area contributed by atoms with Crippen LogP contribution in [-0.4, -0.2) is 11.7 Å². The van der Waals surface area contributed by atoms with Gasteiger partial charge in [-0.25, -0.2) is 4.98 Å². The quantitative estimate of drug-likeness (QED) is 0.166. The Morgan fingerprint density at radius 2 is 1.12 bits per heavy atom. The van der Waals surface area contributed by atoms with Crippen LogP contribution in [0.3, 0.4) is 0 Å². The van der Waals surface area contributed by atoms with Crippen LogP contribution >= 0.6 is 0 Å². The first-order chi connectivity index (χ1) is 30.2. The van der Waals surface area contributed by atoms with Gasteiger partial charge in [0.2, 0.25) is 0 Å². The summed E-state index contributed by atoms with van der Waals surface area (Å²) in [6.07, 6.45) is 1.95. The van der Waals surface area contributed by atoms with Crippen LogP contribution in [0.15, 0.2) is 121 Å². The van der Waals surface area contributed by atoms with Crippen molar-refractivity contribution in [3.05, 3.63) is 177 Å². The summed E-state index contributed by atoms with van der Waals surface area (Å²) in [4.78, 5) is 12.4. The Balaban J connectivity index is 1.25. The molecule has 7 aromatic rings. The highest BCUT2D eigenvalue weighted by atomic mass is 16.5. The van der Waals surface area contributed by atoms with Gasteiger partial charge in [0.05, 0.1) is 28.4 Å². The molecule has 3 heterocycles. The molecule has 6 aromatic carbocycles. The summed E-state index contributed by atoms with van der Waals surface area (Å²) in [5.74, 6) is 2.53. The van der Waals surface area contributed by atoms with Crippen molar-refractivity contribution in [3.8, 4) is 22.6 Å². The van der Waals surface area contributed by atoms with E-state index in [0.717, 1.165) is 39.9 Å². The van der Waals surface area contributed by atoms with E-state index in [1.54, 1.807) is 0 Å². The van der Waals surface area contributed by atoms with Crippen LogP contribution in [-0.2, 0) is 16.2 Å². The molecule has 1 aromatic heterocycles. The smallest absolute Gasteiger partial charge is 0.137 e. The van der Waals surface area contributed by atoms with Crippen LogP contribution in [0.25, 0.3) is 11.1 Å². The molecule has 0 spiro atoms. The standard InChI is InChI=1S/C59H64N4O/c1-36-27-38(3)55(39(4)28-36)44-33-47(58(10,11)12)53(34-51(44)61-35-62(50-22-18-17-21-49(50)61)56-40(5)29-37(2)30-41(56)6)64-43-23-24-46-52(32-43)63(48-20-16-15-19-45(48)59(46,13)14)54-31-42(25-26-60-54)57(7,8)9/h15-34H,35H2,1-14H3. The second kappa shape index (κ2) is 15.4. The summed E-state index contributed by atoms with van der Waals surface area (Å²) in [5.41, 5.74) is 21.5. The molecular weight excluding hydrogens is 781 g/mol. The van der Waals surface area contributed by atoms with Gasteiger partial charge in [0.25, 0.3) is 0 Å². The normalized spacial score (nSPS) is 14.4. The van der Waals surface area contributed by atoms with E-state index in [9.17, 15) is 0 Å². The molecule has 5 heteroatoms. The lowest BCUT2D eigenvalue weighted by Crippen LogP contribution is -2.31. The number of fused-ring (bicyclic) bond motifs is 3. The fourth-order valence-electron chi connectivity index (χ4n) is 10.6. The van der Waals surface area contributed by atoms with E-state index >= 15 is 0 Å². The van der Waals surface area contributed by atoms with Crippen molar-refractivity contribution in [1.29, 1.82) is 0 Å². The van der Waals surface area contributed by atoms with Crippen LogP contribution in [0.5, 0.6) is 11.5 Å². The summed E-state index contributed by atoms with van der Waals surface area (Å²) in [6, 6.07) is 42.7. The van der Waals surface area contributed by atoms with Crippen molar-refractivity contribution in [2.75, 3.05) is 21.4 Å². The molecule has 0 atom stereocenters. The summed E-state index contributed by atoms with van der Waals surface area (Å²) >= 11 is 0. The molecule has 64 heavy (non-hydrogen) atoms. The number of anilines is 7. The van der Waals surface area contributed by atoms with E-state index in [-0.39, 0.29) is 16.2 Å². The Labute approximate surface area is 382 Å². The Hall–Kier alpha value is -6.33. The Bertz CT molecular complexity index is 2930. The zero-order valence-corrected chi connectivity index (χ0v) is 40.5. The maximum absolute atomic E-state index is 7.35. The first-order valence-corrected chi connectivity index (χ1v) is 22.9. The fraction of sp³-hybridized carbons (Fsp3) is 0.305. The lowest BCUT2D eigenvalue weighted by molar-refractivity contribution is 0.455. The van der Waals surface area contributed by atoms with Crippen LogP contribution in [0.4, 0.5) is 39.9 Å². The highest BCUT2D eigenvalue weighted by molar-refractivity contribution is 5.95. The van der Waals surface area contributed by atoms with Gasteiger partial charge in [-0.05, 0) is 139 Å². The van der Waals surface area contributed by atoms with Crippen LogP contribution in [0.2, 0.25) is 0 Å². The molecule has 0 N–H and O–H groups in total. The molecule has 0 bridgehead atoms. The maximum Gasteiger partial charge on any atom is 0.137 e. The third-order valence-corrected chi connectivity index (χ3v) is 13.6. The van der Waals surface area contributed by atoms with E-state index in [4.69, 9.17) is 9.72 Å². The number of para-hydroxylation sites is 3. The highest BCUT2D eigenvalue weighted by Crippen LogP contribution is 2.55. The molecule has 9 rings (SSSR count). The first kappa shape index (κ1) is 42.9. The molecular formula is C59H64N4O. The van der Waals surface area contributed by atoms with Gasteiger partial charge in [0, 0.05) is 40.6 Å². The summed E-state index contributed by atoms with van der Waals surface area (Å²) in [5, 5.41) is 0. The molecule has 0 saturated carbocycles. The van der Waals surface area contributed by atoms with Crippen LogP contribution in [0.1, 0.15) is 111 Å². The van der Waals surface area contributed by atoms with E-state index in [1.807, 2.05) is 6.20 Å². The van der Waals surface area contributed by atoms with Gasteiger partial charge in [0.1, 0.15) is 24.0 Å². The first-order valence-electron chi connectivity index (χ1n) is 22.9. The second-order valence-electron chi connectivity index (χ2n) is 21.0. The molecule has 0 aliphatic carbocycles. The number of hydrogen-bond acceptors (Lipinski definition) is 5. The van der Waals surface area contributed by atoms with Gasteiger partial charge in [-0.1, -0.05) is 127 Å². The molecule has 0 fully saturated rings. The van der Waals surface area contributed by atoms with Crippen molar-refractivity contribution in [1.82, 2.24) is 4.98 Å². The molecule has 326 valence electrons. The summed E-state index contributed by atoms with van der Waals surface area (Å²) in [7, 11) is 0. The number of ether oxygens (including phenoxy) is 1. The van der Waals surface area contributed by atoms with Gasteiger partial charge in [-0.2, -0.15) is 0 Å². The average Bonchev–Trinajstić information content (AvgIpc) is 3.59. The fourth-order valence-corrected chi connectivity index (χ4v) is 10.6. The number of aromatic nitrogens is 1. The largest absolute Gasteiger partial charge is 0.457 e. The SMILES string of the molecule is Cc1cc(C)c(-c2cc(C(C)(C)C)c(Oc3ccc4c(c3)N(c3cc(C(C)(C)C)ccn3)c3ccccc3C4(C)C)cc2N2CN(c3c(C)cc(C)cc3C)c3ccccc32)c(C)c1. The summed E-state index contributed by atoms with van der Waals surface area (Å²) in [6.45, 7) is 32.4. The van der Waals surface area contributed by atoms with Crippen LogP contribution in [0, 0.1) is 41.5 Å². The minimum Gasteiger partial charge on any atom is -0.457 e. The molecule has 5 nitrogen and oxygen atoms in total. The Morgan fingerprint density at radius 1 is 0.547 bits per heavy atom. The molecule has 0 amide bonds. The average molecular weight is 845 g/mol. The molecule has 0 radical (unpaired) electrons. The monoisotopic (exact) mass is 845 g/mol. The molecule has 2 aliphatic heterocycles. The molecule has 0 unspecified atom stereocenters. The van der Waals surface area contributed by atoms with Crippen molar-refractivity contribution < 1.29 is 4.74 Å². The minimum absolute atomic E-state index is 0.0341. The Morgan fingerprint density at radius 3 is 1.75 bits per heavy atom. The highest BCUT2D eigenvalue weighted by Gasteiger charge is 2.39. The van der Waals surface area contributed by atoms with E-state index in [0.29, 0.717) is 6.67 Å². The predicted octanol–water partition coefficient (Wildman–Crippen LogP) is 16.3. The van der Waals surface area contributed by atoms with Crippen molar-refractivity contribution >= 4 is 39.9 Å². The maximum atomic E-state index is 7.35. The van der Waals surface area contributed by atoms with E-state index < -0.39 is 0 Å². The van der Waals surface area contributed by atoms with Gasteiger partial charge >= 0.3 is 0 Å². The second-order valence-corrected chi connectivity index (χ2v) is 21.0. The molecule has 0 saturated heterocycles. The predicted molar refractivity (Wildman–Crippen MR) is 271 cm³/mol. The number of aryl methyl sites for hydroxylation is 6. The number of pyridine rings is 1. The number of nitrogens with zero attached hydrogens (tertiary/aromatic N) is 4. The van der Waals surface area contributed by atoms with Crippen molar-refractivity contribution in [2.24, 2.45) is 0 Å². The minimum atomic E-state index is -0.249. The molecule has 2 aliphatic rings. The zero-order chi connectivity index (χ0) is 45.6. The lowest BCUT2D eigenvalue weighted by atomic mass is 9.73. The van der Waals surface area contributed by atoms with Gasteiger partial charge < -0.3 is 14.5 Å². The third-order valence-electron chi connectivity index (χ3n) is 13.6. The zero-order valence-electron chi connectivity index (χ0n) is 40.5. The number of hydrogen-bond donors (Lipinski definition) is 0.